The van der Waals surface area contributed by atoms with Crippen molar-refractivity contribution in [3.8, 4) is 0 Å². The number of halogens is 1. The van der Waals surface area contributed by atoms with Crippen molar-refractivity contribution in [3.63, 3.8) is 0 Å². The van der Waals surface area contributed by atoms with Crippen molar-refractivity contribution in [3.05, 3.63) is 65.5 Å². The van der Waals surface area contributed by atoms with Gasteiger partial charge in [-0.15, -0.1) is 0 Å². The van der Waals surface area contributed by atoms with Gasteiger partial charge in [0, 0.05) is 23.7 Å². The van der Waals surface area contributed by atoms with E-state index < -0.39 is 11.7 Å². The molecule has 0 fully saturated rings. The van der Waals surface area contributed by atoms with Gasteiger partial charge in [-0.2, -0.15) is 5.10 Å². The SMILES string of the molecule is CC(=O)Nc1ccc(C(=O)N/N=C\c2ccccc2F)cc1. The highest BCUT2D eigenvalue weighted by Gasteiger charge is 2.04. The molecule has 0 saturated heterocycles. The molecule has 0 aliphatic rings. The zero-order valence-corrected chi connectivity index (χ0v) is 11.8. The van der Waals surface area contributed by atoms with E-state index in [0.29, 0.717) is 11.3 Å². The number of carbonyl (C=O) groups is 2. The lowest BCUT2D eigenvalue weighted by atomic mass is 10.2. The molecule has 5 nitrogen and oxygen atoms in total. The molecule has 0 saturated carbocycles. The van der Waals surface area contributed by atoms with E-state index in [9.17, 15) is 14.0 Å². The Bertz CT molecular complexity index is 712. The van der Waals surface area contributed by atoms with Gasteiger partial charge in [-0.3, -0.25) is 9.59 Å². The summed E-state index contributed by atoms with van der Waals surface area (Å²) in [7, 11) is 0. The molecule has 112 valence electrons. The molecule has 2 amide bonds. The highest BCUT2D eigenvalue weighted by molar-refractivity contribution is 5.96. The molecule has 2 aromatic carbocycles. The summed E-state index contributed by atoms with van der Waals surface area (Å²) in [6, 6.07) is 12.4. The van der Waals surface area contributed by atoms with E-state index in [4.69, 9.17) is 0 Å². The van der Waals surface area contributed by atoms with E-state index in [1.54, 1.807) is 42.5 Å². The van der Waals surface area contributed by atoms with Crippen LogP contribution in [0.25, 0.3) is 0 Å². The molecular weight excluding hydrogens is 285 g/mol. The van der Waals surface area contributed by atoms with Crippen LogP contribution in [0, 0.1) is 5.82 Å². The van der Waals surface area contributed by atoms with Crippen molar-refractivity contribution in [1.82, 2.24) is 5.43 Å². The number of hydrogen-bond donors (Lipinski definition) is 2. The summed E-state index contributed by atoms with van der Waals surface area (Å²) in [5.41, 5.74) is 3.56. The molecule has 0 heterocycles. The van der Waals surface area contributed by atoms with Gasteiger partial charge in [0.15, 0.2) is 0 Å². The van der Waals surface area contributed by atoms with Crippen LogP contribution in [0.3, 0.4) is 0 Å². The minimum Gasteiger partial charge on any atom is -0.326 e. The topological polar surface area (TPSA) is 70.6 Å². The molecule has 0 aliphatic heterocycles. The minimum atomic E-state index is -0.429. The number of benzene rings is 2. The van der Waals surface area contributed by atoms with Gasteiger partial charge in [-0.05, 0) is 30.3 Å². The van der Waals surface area contributed by atoms with E-state index >= 15 is 0 Å². The van der Waals surface area contributed by atoms with Crippen LogP contribution in [0.4, 0.5) is 10.1 Å². The van der Waals surface area contributed by atoms with Gasteiger partial charge < -0.3 is 5.32 Å². The summed E-state index contributed by atoms with van der Waals surface area (Å²) in [6.07, 6.45) is 1.24. The fraction of sp³-hybridized carbons (Fsp3) is 0.0625. The number of rotatable bonds is 4. The summed E-state index contributed by atoms with van der Waals surface area (Å²) >= 11 is 0. The van der Waals surface area contributed by atoms with Crippen molar-refractivity contribution >= 4 is 23.7 Å². The molecule has 0 aliphatic carbocycles. The Labute approximate surface area is 126 Å². The Morgan fingerprint density at radius 1 is 1.09 bits per heavy atom. The normalized spacial score (nSPS) is 10.5. The van der Waals surface area contributed by atoms with E-state index in [-0.39, 0.29) is 11.5 Å². The minimum absolute atomic E-state index is 0.188. The third-order valence-electron chi connectivity index (χ3n) is 2.74. The number of nitrogens with zero attached hydrogens (tertiary/aromatic N) is 1. The number of hydrogen-bond acceptors (Lipinski definition) is 3. The Kier molecular flexibility index (Phi) is 4.98. The molecule has 0 aromatic heterocycles. The zero-order valence-electron chi connectivity index (χ0n) is 11.8. The molecule has 0 bridgehead atoms. The van der Waals surface area contributed by atoms with E-state index in [2.05, 4.69) is 15.8 Å². The van der Waals surface area contributed by atoms with Gasteiger partial charge in [0.2, 0.25) is 5.91 Å². The van der Waals surface area contributed by atoms with E-state index in [0.717, 1.165) is 0 Å². The first-order chi connectivity index (χ1) is 10.6. The number of anilines is 1. The maximum absolute atomic E-state index is 13.3. The molecule has 22 heavy (non-hydrogen) atoms. The van der Waals surface area contributed by atoms with Gasteiger partial charge in [0.1, 0.15) is 5.82 Å². The summed E-state index contributed by atoms with van der Waals surface area (Å²) in [6.45, 7) is 1.40. The summed E-state index contributed by atoms with van der Waals surface area (Å²) in [4.78, 5) is 22.7. The lowest BCUT2D eigenvalue weighted by Gasteiger charge is -2.03. The van der Waals surface area contributed by atoms with Gasteiger partial charge >= 0.3 is 0 Å². The highest BCUT2D eigenvalue weighted by atomic mass is 19.1. The lowest BCUT2D eigenvalue weighted by Crippen LogP contribution is -2.17. The van der Waals surface area contributed by atoms with Gasteiger partial charge in [-0.1, -0.05) is 18.2 Å². The zero-order chi connectivity index (χ0) is 15.9. The highest BCUT2D eigenvalue weighted by Crippen LogP contribution is 2.09. The predicted octanol–water partition coefficient (Wildman–Crippen LogP) is 2.55. The molecule has 2 N–H and O–H groups in total. The monoisotopic (exact) mass is 299 g/mol. The van der Waals surface area contributed by atoms with Crippen LogP contribution in [0.5, 0.6) is 0 Å². The second kappa shape index (κ2) is 7.12. The summed E-state index contributed by atoms with van der Waals surface area (Å²) in [5.74, 6) is -1.03. The van der Waals surface area contributed by atoms with Crippen LogP contribution in [0.1, 0.15) is 22.8 Å². The number of hydrazone groups is 1. The fourth-order valence-corrected chi connectivity index (χ4v) is 1.71. The number of amides is 2. The number of carbonyl (C=O) groups excluding carboxylic acids is 2. The summed E-state index contributed by atoms with van der Waals surface area (Å²) < 4.78 is 13.3. The molecule has 0 radical (unpaired) electrons. The van der Waals surface area contributed by atoms with Crippen LogP contribution >= 0.6 is 0 Å². The van der Waals surface area contributed by atoms with Crippen LogP contribution in [0.15, 0.2) is 53.6 Å². The average Bonchev–Trinajstić information content (AvgIpc) is 2.49. The van der Waals surface area contributed by atoms with Crippen LogP contribution in [-0.2, 0) is 4.79 Å². The molecule has 2 rings (SSSR count). The van der Waals surface area contributed by atoms with Crippen molar-refractivity contribution in [1.29, 1.82) is 0 Å². The summed E-state index contributed by atoms with van der Waals surface area (Å²) in [5, 5.41) is 6.32. The van der Waals surface area contributed by atoms with Crippen molar-refractivity contribution < 1.29 is 14.0 Å². The first-order valence-corrected chi connectivity index (χ1v) is 6.52. The molecular formula is C16H14FN3O2. The molecule has 0 atom stereocenters. The molecule has 6 heteroatoms. The van der Waals surface area contributed by atoms with Gasteiger partial charge in [-0.25, -0.2) is 9.82 Å². The molecule has 0 spiro atoms. The second-order valence-electron chi connectivity index (χ2n) is 4.48. The lowest BCUT2D eigenvalue weighted by molar-refractivity contribution is -0.114. The smallest absolute Gasteiger partial charge is 0.271 e. The maximum Gasteiger partial charge on any atom is 0.271 e. The third kappa shape index (κ3) is 4.24. The average molecular weight is 299 g/mol. The van der Waals surface area contributed by atoms with Crippen LogP contribution in [-0.4, -0.2) is 18.0 Å². The van der Waals surface area contributed by atoms with E-state index in [1.165, 1.54) is 19.2 Å². The fourth-order valence-electron chi connectivity index (χ4n) is 1.71. The predicted molar refractivity (Wildman–Crippen MR) is 82.2 cm³/mol. The van der Waals surface area contributed by atoms with Crippen molar-refractivity contribution in [2.75, 3.05) is 5.32 Å². The maximum atomic E-state index is 13.3. The molecule has 2 aromatic rings. The van der Waals surface area contributed by atoms with Crippen LogP contribution < -0.4 is 10.7 Å². The third-order valence-corrected chi connectivity index (χ3v) is 2.74. The Balaban J connectivity index is 1.97. The van der Waals surface area contributed by atoms with Crippen LogP contribution in [0.2, 0.25) is 0 Å². The van der Waals surface area contributed by atoms with Crippen molar-refractivity contribution in [2.45, 2.75) is 6.92 Å². The van der Waals surface area contributed by atoms with E-state index in [1.807, 2.05) is 0 Å². The second-order valence-corrected chi connectivity index (χ2v) is 4.48. The quantitative estimate of drug-likeness (QED) is 0.673. The Hall–Kier alpha value is -3.02. The van der Waals surface area contributed by atoms with Gasteiger partial charge in [0.25, 0.3) is 5.91 Å². The standard InChI is InChI=1S/C16H14FN3O2/c1-11(21)19-14-8-6-12(7-9-14)16(22)20-18-10-13-4-2-3-5-15(13)17/h2-10H,1H3,(H,19,21)(H,20,22)/b18-10-. The molecule has 0 unspecified atom stereocenters. The Morgan fingerprint density at radius 2 is 1.77 bits per heavy atom. The number of nitrogens with one attached hydrogen (secondary N) is 2. The Morgan fingerprint density at radius 3 is 2.41 bits per heavy atom. The van der Waals surface area contributed by atoms with Gasteiger partial charge in [0.05, 0.1) is 6.21 Å². The first-order valence-electron chi connectivity index (χ1n) is 6.52. The first kappa shape index (κ1) is 15.4. The van der Waals surface area contributed by atoms with Crippen molar-refractivity contribution in [2.24, 2.45) is 5.10 Å². The largest absolute Gasteiger partial charge is 0.326 e.